The van der Waals surface area contributed by atoms with Crippen molar-refractivity contribution in [1.82, 2.24) is 10.4 Å². The highest BCUT2D eigenvalue weighted by Gasteiger charge is 2.09. The Morgan fingerprint density at radius 2 is 2.23 bits per heavy atom. The van der Waals surface area contributed by atoms with Crippen LogP contribution in [-0.4, -0.2) is 11.0 Å². The summed E-state index contributed by atoms with van der Waals surface area (Å²) in [6, 6.07) is 0.352. The molecule has 74 valence electrons. The lowest BCUT2D eigenvalue weighted by atomic mass is 10.2. The van der Waals surface area contributed by atoms with Gasteiger partial charge in [0.05, 0.1) is 10.7 Å². The number of nitrogens with two attached hydrogens (primary N) is 1. The van der Waals surface area contributed by atoms with Gasteiger partial charge in [-0.1, -0.05) is 6.92 Å². The molecule has 0 aliphatic rings. The summed E-state index contributed by atoms with van der Waals surface area (Å²) in [5, 5.41) is 1.18. The van der Waals surface area contributed by atoms with Gasteiger partial charge in [0.2, 0.25) is 0 Å². The number of nitrogens with zero attached hydrogens (tertiary/aromatic N) is 1. The molecule has 13 heavy (non-hydrogen) atoms. The normalized spacial score (nSPS) is 13.2. The van der Waals surface area contributed by atoms with Gasteiger partial charge in [0, 0.05) is 17.3 Å². The number of hydrogen-bond acceptors (Lipinski definition) is 4. The van der Waals surface area contributed by atoms with Crippen LogP contribution in [0.1, 0.15) is 28.9 Å². The van der Waals surface area contributed by atoms with Crippen molar-refractivity contribution in [2.45, 2.75) is 39.7 Å². The topological polar surface area (TPSA) is 50.9 Å². The summed E-state index contributed by atoms with van der Waals surface area (Å²) < 4.78 is 0. The molecule has 3 nitrogen and oxygen atoms in total. The molecule has 1 unspecified atom stereocenters. The van der Waals surface area contributed by atoms with Gasteiger partial charge >= 0.3 is 0 Å². The summed E-state index contributed by atoms with van der Waals surface area (Å²) in [7, 11) is 0. The maximum Gasteiger partial charge on any atom is 0.0946 e. The fraction of sp³-hybridized carbons (Fsp3) is 0.667. The molecule has 1 heterocycles. The van der Waals surface area contributed by atoms with Gasteiger partial charge in [-0.3, -0.25) is 11.3 Å². The summed E-state index contributed by atoms with van der Waals surface area (Å²) in [5.74, 6) is 5.40. The average molecular weight is 199 g/mol. The highest BCUT2D eigenvalue weighted by molar-refractivity contribution is 7.11. The summed E-state index contributed by atoms with van der Waals surface area (Å²) in [6.07, 6.45) is 1.97. The number of hydrazine groups is 1. The Hall–Kier alpha value is -0.450. The van der Waals surface area contributed by atoms with Crippen LogP contribution in [0, 0.1) is 13.8 Å². The van der Waals surface area contributed by atoms with E-state index in [1.54, 1.807) is 11.3 Å². The van der Waals surface area contributed by atoms with Crippen LogP contribution in [0.15, 0.2) is 0 Å². The standard InChI is InChI=1S/C9H17N3S/c1-4-8(12-10)5-9-11-6(2)7(3)13-9/h8,12H,4-5,10H2,1-3H3. The van der Waals surface area contributed by atoms with Crippen molar-refractivity contribution < 1.29 is 0 Å². The molecule has 1 rings (SSSR count). The van der Waals surface area contributed by atoms with Crippen molar-refractivity contribution in [1.29, 1.82) is 0 Å². The fourth-order valence-corrected chi connectivity index (χ4v) is 2.17. The van der Waals surface area contributed by atoms with Crippen molar-refractivity contribution in [3.05, 3.63) is 15.6 Å². The molecule has 0 aliphatic heterocycles. The van der Waals surface area contributed by atoms with Crippen LogP contribution >= 0.6 is 11.3 Å². The van der Waals surface area contributed by atoms with Crippen molar-refractivity contribution in [3.63, 3.8) is 0 Å². The molecule has 1 aromatic heterocycles. The molecule has 0 spiro atoms. The molecule has 4 heteroatoms. The SMILES string of the molecule is CCC(Cc1nc(C)c(C)s1)NN. The quantitative estimate of drug-likeness (QED) is 0.571. The number of aromatic nitrogens is 1. The van der Waals surface area contributed by atoms with Gasteiger partial charge in [-0.2, -0.15) is 0 Å². The average Bonchev–Trinajstić information content (AvgIpc) is 2.42. The third-order valence-corrected chi connectivity index (χ3v) is 3.32. The number of thiazole rings is 1. The van der Waals surface area contributed by atoms with E-state index in [4.69, 9.17) is 5.84 Å². The van der Waals surface area contributed by atoms with Crippen LogP contribution in [0.2, 0.25) is 0 Å². The van der Waals surface area contributed by atoms with Crippen LogP contribution in [-0.2, 0) is 6.42 Å². The second-order valence-electron chi connectivity index (χ2n) is 3.23. The maximum absolute atomic E-state index is 5.40. The highest BCUT2D eigenvalue weighted by atomic mass is 32.1. The second kappa shape index (κ2) is 4.69. The molecular formula is C9H17N3S. The minimum absolute atomic E-state index is 0.352. The molecule has 0 amide bonds. The Bertz CT molecular complexity index is 246. The van der Waals surface area contributed by atoms with Crippen molar-refractivity contribution in [3.8, 4) is 0 Å². The minimum Gasteiger partial charge on any atom is -0.271 e. The Morgan fingerprint density at radius 3 is 2.62 bits per heavy atom. The van der Waals surface area contributed by atoms with E-state index in [0.717, 1.165) is 18.5 Å². The molecule has 0 saturated heterocycles. The number of rotatable bonds is 4. The Balaban J connectivity index is 2.62. The van der Waals surface area contributed by atoms with Gasteiger partial charge in [0.1, 0.15) is 0 Å². The third-order valence-electron chi connectivity index (χ3n) is 2.22. The number of nitrogens with one attached hydrogen (secondary N) is 1. The first-order valence-electron chi connectivity index (χ1n) is 4.56. The summed E-state index contributed by atoms with van der Waals surface area (Å²) in [4.78, 5) is 5.78. The van der Waals surface area contributed by atoms with E-state index in [9.17, 15) is 0 Å². The van der Waals surface area contributed by atoms with Crippen molar-refractivity contribution in [2.75, 3.05) is 0 Å². The zero-order valence-electron chi connectivity index (χ0n) is 8.42. The Morgan fingerprint density at radius 1 is 1.54 bits per heavy atom. The van der Waals surface area contributed by atoms with Crippen LogP contribution in [0.4, 0.5) is 0 Å². The van der Waals surface area contributed by atoms with Gasteiger partial charge in [-0.25, -0.2) is 4.98 Å². The summed E-state index contributed by atoms with van der Waals surface area (Å²) in [6.45, 7) is 6.28. The lowest BCUT2D eigenvalue weighted by molar-refractivity contribution is 0.510. The van der Waals surface area contributed by atoms with Crippen LogP contribution in [0.5, 0.6) is 0 Å². The van der Waals surface area contributed by atoms with Gasteiger partial charge in [-0.05, 0) is 20.3 Å². The van der Waals surface area contributed by atoms with E-state index in [1.807, 2.05) is 6.92 Å². The predicted molar refractivity (Wildman–Crippen MR) is 56.7 cm³/mol. The zero-order chi connectivity index (χ0) is 9.84. The van der Waals surface area contributed by atoms with Crippen molar-refractivity contribution in [2.24, 2.45) is 5.84 Å². The first kappa shape index (κ1) is 10.6. The summed E-state index contributed by atoms with van der Waals surface area (Å²) in [5.41, 5.74) is 3.94. The first-order valence-corrected chi connectivity index (χ1v) is 5.38. The predicted octanol–water partition coefficient (Wildman–Crippen LogP) is 1.54. The monoisotopic (exact) mass is 199 g/mol. The number of hydrogen-bond donors (Lipinski definition) is 2. The van der Waals surface area contributed by atoms with E-state index >= 15 is 0 Å². The maximum atomic E-state index is 5.40. The lowest BCUT2D eigenvalue weighted by Gasteiger charge is -2.10. The van der Waals surface area contributed by atoms with Gasteiger partial charge < -0.3 is 0 Å². The smallest absolute Gasteiger partial charge is 0.0946 e. The van der Waals surface area contributed by atoms with Gasteiger partial charge in [0.25, 0.3) is 0 Å². The molecule has 1 aromatic rings. The molecule has 0 aliphatic carbocycles. The highest BCUT2D eigenvalue weighted by Crippen LogP contribution is 2.18. The van der Waals surface area contributed by atoms with E-state index in [1.165, 1.54) is 9.88 Å². The molecule has 0 bridgehead atoms. The molecule has 0 fully saturated rings. The molecule has 1 atom stereocenters. The van der Waals surface area contributed by atoms with E-state index in [-0.39, 0.29) is 0 Å². The van der Waals surface area contributed by atoms with Gasteiger partial charge in [0.15, 0.2) is 0 Å². The molecule has 0 saturated carbocycles. The Kier molecular flexibility index (Phi) is 3.84. The van der Waals surface area contributed by atoms with Crippen molar-refractivity contribution >= 4 is 11.3 Å². The first-order chi connectivity index (χ1) is 6.17. The summed E-state index contributed by atoms with van der Waals surface area (Å²) >= 11 is 1.77. The van der Waals surface area contributed by atoms with E-state index in [0.29, 0.717) is 6.04 Å². The fourth-order valence-electron chi connectivity index (χ4n) is 1.16. The zero-order valence-corrected chi connectivity index (χ0v) is 9.24. The largest absolute Gasteiger partial charge is 0.271 e. The molecule has 3 N–H and O–H groups in total. The van der Waals surface area contributed by atoms with E-state index < -0.39 is 0 Å². The minimum atomic E-state index is 0.352. The molecule has 0 radical (unpaired) electrons. The second-order valence-corrected chi connectivity index (χ2v) is 4.51. The molecular weight excluding hydrogens is 182 g/mol. The van der Waals surface area contributed by atoms with Crippen LogP contribution in [0.25, 0.3) is 0 Å². The van der Waals surface area contributed by atoms with Crippen LogP contribution < -0.4 is 11.3 Å². The van der Waals surface area contributed by atoms with Gasteiger partial charge in [-0.15, -0.1) is 11.3 Å². The third kappa shape index (κ3) is 2.76. The molecule has 0 aromatic carbocycles. The Labute approximate surface area is 83.3 Å². The lowest BCUT2D eigenvalue weighted by Crippen LogP contribution is -2.36. The van der Waals surface area contributed by atoms with Crippen LogP contribution in [0.3, 0.4) is 0 Å². The number of aryl methyl sites for hydroxylation is 2. The van der Waals surface area contributed by atoms with E-state index in [2.05, 4.69) is 24.3 Å².